The van der Waals surface area contributed by atoms with Gasteiger partial charge in [0, 0.05) is 18.1 Å². The molecule has 0 aromatic rings. The fourth-order valence-electron chi connectivity index (χ4n) is 1.63. The zero-order valence-electron chi connectivity index (χ0n) is 11.7. The van der Waals surface area contributed by atoms with E-state index in [1.807, 2.05) is 13.8 Å². The Morgan fingerprint density at radius 2 is 1.94 bits per heavy atom. The minimum Gasteiger partial charge on any atom is -0.409 e. The fraction of sp³-hybridized carbons (Fsp3) is 0.917. The summed E-state index contributed by atoms with van der Waals surface area (Å²) in [4.78, 5) is 0. The Kier molecular flexibility index (Phi) is 6.49. The van der Waals surface area contributed by atoms with Gasteiger partial charge >= 0.3 is 0 Å². The lowest BCUT2D eigenvalue weighted by molar-refractivity contribution is 0.128. The van der Waals surface area contributed by atoms with Gasteiger partial charge in [-0.1, -0.05) is 19.0 Å². The lowest BCUT2D eigenvalue weighted by Crippen LogP contribution is -2.44. The molecule has 0 heterocycles. The number of rotatable bonds is 8. The van der Waals surface area contributed by atoms with Crippen LogP contribution in [0.25, 0.3) is 0 Å². The van der Waals surface area contributed by atoms with Crippen molar-refractivity contribution in [2.24, 2.45) is 16.3 Å². The van der Waals surface area contributed by atoms with Crippen LogP contribution in [-0.4, -0.2) is 36.8 Å². The number of nitrogens with two attached hydrogens (primary N) is 1. The highest BCUT2D eigenvalue weighted by Crippen LogP contribution is 2.22. The maximum absolute atomic E-state index is 8.66. The van der Waals surface area contributed by atoms with Crippen LogP contribution in [0.15, 0.2) is 5.16 Å². The maximum Gasteiger partial charge on any atom is 0.144 e. The SMILES string of the molecule is COCC(C)(C)NCCCC(C)(C)C(N)=NO. The third kappa shape index (κ3) is 6.48. The van der Waals surface area contributed by atoms with E-state index in [0.29, 0.717) is 6.61 Å². The molecule has 0 aromatic heterocycles. The number of nitrogens with one attached hydrogen (secondary N) is 1. The Hall–Kier alpha value is -0.810. The molecular formula is C12H27N3O2. The highest BCUT2D eigenvalue weighted by molar-refractivity contribution is 5.85. The lowest BCUT2D eigenvalue weighted by atomic mass is 9.86. The number of amidine groups is 1. The van der Waals surface area contributed by atoms with Crippen LogP contribution in [-0.2, 0) is 4.74 Å². The summed E-state index contributed by atoms with van der Waals surface area (Å²) in [5, 5.41) is 15.1. The van der Waals surface area contributed by atoms with Crippen molar-refractivity contribution >= 4 is 5.84 Å². The second-order valence-electron chi connectivity index (χ2n) is 5.72. The van der Waals surface area contributed by atoms with E-state index in [2.05, 4.69) is 24.3 Å². The summed E-state index contributed by atoms with van der Waals surface area (Å²) in [6.07, 6.45) is 1.84. The Bertz CT molecular complexity index is 250. The number of methoxy groups -OCH3 is 1. The molecule has 0 spiro atoms. The van der Waals surface area contributed by atoms with Crippen molar-refractivity contribution in [3.63, 3.8) is 0 Å². The van der Waals surface area contributed by atoms with E-state index in [-0.39, 0.29) is 16.8 Å². The lowest BCUT2D eigenvalue weighted by Gasteiger charge is -2.27. The Morgan fingerprint density at radius 3 is 2.41 bits per heavy atom. The van der Waals surface area contributed by atoms with Crippen LogP contribution < -0.4 is 11.1 Å². The van der Waals surface area contributed by atoms with Gasteiger partial charge in [0.25, 0.3) is 0 Å². The quantitative estimate of drug-likeness (QED) is 0.199. The number of hydrogen-bond donors (Lipinski definition) is 3. The molecule has 0 fully saturated rings. The standard InChI is InChI=1S/C12H27N3O2/c1-11(2,10(13)15-16)7-6-8-14-12(3,4)9-17-5/h14,16H,6-9H2,1-5H3,(H2,13,15). The fourth-order valence-corrected chi connectivity index (χ4v) is 1.63. The molecule has 0 aliphatic heterocycles. The van der Waals surface area contributed by atoms with Crippen LogP contribution in [0, 0.1) is 5.41 Å². The summed E-state index contributed by atoms with van der Waals surface area (Å²) in [6, 6.07) is 0. The monoisotopic (exact) mass is 245 g/mol. The number of nitrogens with zero attached hydrogens (tertiary/aromatic N) is 1. The molecule has 102 valence electrons. The van der Waals surface area contributed by atoms with Gasteiger partial charge in [0.05, 0.1) is 6.61 Å². The largest absolute Gasteiger partial charge is 0.409 e. The third-order valence-corrected chi connectivity index (χ3v) is 2.89. The second-order valence-corrected chi connectivity index (χ2v) is 5.72. The Balaban J connectivity index is 3.93. The Labute approximate surface area is 104 Å². The molecule has 17 heavy (non-hydrogen) atoms. The number of hydrogen-bond acceptors (Lipinski definition) is 4. The molecule has 4 N–H and O–H groups in total. The summed E-state index contributed by atoms with van der Waals surface area (Å²) in [5.74, 6) is 0.286. The molecule has 0 rings (SSSR count). The van der Waals surface area contributed by atoms with E-state index in [1.165, 1.54) is 0 Å². The first kappa shape index (κ1) is 16.2. The van der Waals surface area contributed by atoms with Crippen molar-refractivity contribution in [3.05, 3.63) is 0 Å². The smallest absolute Gasteiger partial charge is 0.144 e. The van der Waals surface area contributed by atoms with Gasteiger partial charge in [-0.05, 0) is 33.2 Å². The van der Waals surface area contributed by atoms with Gasteiger partial charge in [0.1, 0.15) is 5.84 Å². The normalized spacial score (nSPS) is 14.1. The van der Waals surface area contributed by atoms with E-state index in [4.69, 9.17) is 15.7 Å². The van der Waals surface area contributed by atoms with Crippen molar-refractivity contribution in [3.8, 4) is 0 Å². The van der Waals surface area contributed by atoms with Crippen molar-refractivity contribution in [1.82, 2.24) is 5.32 Å². The minimum absolute atomic E-state index is 0.0183. The highest BCUT2D eigenvalue weighted by Gasteiger charge is 2.23. The summed E-state index contributed by atoms with van der Waals surface area (Å²) in [5.41, 5.74) is 5.35. The zero-order valence-corrected chi connectivity index (χ0v) is 11.7. The molecule has 0 aromatic carbocycles. The number of oxime groups is 1. The molecule has 5 nitrogen and oxygen atoms in total. The van der Waals surface area contributed by atoms with Crippen LogP contribution in [0.1, 0.15) is 40.5 Å². The molecular weight excluding hydrogens is 218 g/mol. The van der Waals surface area contributed by atoms with Gasteiger partial charge in [-0.25, -0.2) is 0 Å². The molecule has 0 atom stereocenters. The first-order valence-electron chi connectivity index (χ1n) is 5.97. The minimum atomic E-state index is -0.262. The molecule has 0 radical (unpaired) electrons. The van der Waals surface area contributed by atoms with Gasteiger partial charge in [-0.2, -0.15) is 0 Å². The van der Waals surface area contributed by atoms with Crippen molar-refractivity contribution in [1.29, 1.82) is 0 Å². The Morgan fingerprint density at radius 1 is 1.35 bits per heavy atom. The molecule has 0 amide bonds. The zero-order chi connectivity index (χ0) is 13.5. The topological polar surface area (TPSA) is 79.9 Å². The summed E-state index contributed by atoms with van der Waals surface area (Å²) in [7, 11) is 1.70. The van der Waals surface area contributed by atoms with Crippen molar-refractivity contribution < 1.29 is 9.94 Å². The van der Waals surface area contributed by atoms with Gasteiger partial charge in [0.15, 0.2) is 0 Å². The molecule has 0 saturated carbocycles. The van der Waals surface area contributed by atoms with E-state index in [1.54, 1.807) is 7.11 Å². The van der Waals surface area contributed by atoms with E-state index < -0.39 is 0 Å². The average Bonchev–Trinajstić information content (AvgIpc) is 2.23. The summed E-state index contributed by atoms with van der Waals surface area (Å²) in [6.45, 7) is 9.72. The van der Waals surface area contributed by atoms with Crippen LogP contribution in [0.3, 0.4) is 0 Å². The van der Waals surface area contributed by atoms with E-state index >= 15 is 0 Å². The predicted octanol–water partition coefficient (Wildman–Crippen LogP) is 1.55. The van der Waals surface area contributed by atoms with Crippen LogP contribution >= 0.6 is 0 Å². The summed E-state index contributed by atoms with van der Waals surface area (Å²) >= 11 is 0. The maximum atomic E-state index is 8.66. The molecule has 0 saturated heterocycles. The van der Waals surface area contributed by atoms with Crippen molar-refractivity contribution in [2.75, 3.05) is 20.3 Å². The highest BCUT2D eigenvalue weighted by atomic mass is 16.5. The van der Waals surface area contributed by atoms with E-state index in [0.717, 1.165) is 19.4 Å². The molecule has 5 heteroatoms. The average molecular weight is 245 g/mol. The molecule has 0 unspecified atom stereocenters. The van der Waals surface area contributed by atoms with Gasteiger partial charge in [0.2, 0.25) is 0 Å². The van der Waals surface area contributed by atoms with Crippen LogP contribution in [0.2, 0.25) is 0 Å². The van der Waals surface area contributed by atoms with Gasteiger partial charge in [-0.3, -0.25) is 0 Å². The third-order valence-electron chi connectivity index (χ3n) is 2.89. The predicted molar refractivity (Wildman–Crippen MR) is 70.4 cm³/mol. The molecule has 0 bridgehead atoms. The van der Waals surface area contributed by atoms with Crippen molar-refractivity contribution in [2.45, 2.75) is 46.1 Å². The first-order valence-corrected chi connectivity index (χ1v) is 5.97. The number of ether oxygens (including phenoxy) is 1. The van der Waals surface area contributed by atoms with E-state index in [9.17, 15) is 0 Å². The summed E-state index contributed by atoms with van der Waals surface area (Å²) < 4.78 is 5.13. The molecule has 0 aliphatic carbocycles. The van der Waals surface area contributed by atoms with Gasteiger partial charge in [-0.15, -0.1) is 0 Å². The van der Waals surface area contributed by atoms with Gasteiger partial charge < -0.3 is 21.0 Å². The molecule has 0 aliphatic rings. The van der Waals surface area contributed by atoms with Crippen LogP contribution in [0.5, 0.6) is 0 Å². The van der Waals surface area contributed by atoms with Crippen LogP contribution in [0.4, 0.5) is 0 Å². The second kappa shape index (κ2) is 6.81. The first-order chi connectivity index (χ1) is 7.75.